The van der Waals surface area contributed by atoms with E-state index in [2.05, 4.69) is 0 Å². The van der Waals surface area contributed by atoms with E-state index in [-0.39, 0.29) is 17.7 Å². The van der Waals surface area contributed by atoms with E-state index in [1.807, 2.05) is 58.0 Å². The Morgan fingerprint density at radius 2 is 1.50 bits per heavy atom. The largest absolute Gasteiger partial charge is 0.469 e. The zero-order valence-corrected chi connectivity index (χ0v) is 14.8. The van der Waals surface area contributed by atoms with Crippen LogP contribution < -0.4 is 0 Å². The van der Waals surface area contributed by atoms with E-state index < -0.39 is 16.7 Å². The fourth-order valence-corrected chi connectivity index (χ4v) is 2.76. The van der Waals surface area contributed by atoms with Crippen LogP contribution in [0.25, 0.3) is 0 Å². The van der Waals surface area contributed by atoms with Crippen molar-refractivity contribution in [3.8, 4) is 0 Å². The van der Waals surface area contributed by atoms with Crippen LogP contribution in [0, 0.1) is 17.3 Å². The number of rotatable bonds is 6. The Bertz CT molecular complexity index is 531. The Kier molecular flexibility index (Phi) is 5.55. The molecule has 2 atom stereocenters. The maximum absolute atomic E-state index is 13.3. The molecule has 3 heteroatoms. The highest BCUT2D eigenvalue weighted by Gasteiger charge is 2.47. The summed E-state index contributed by atoms with van der Waals surface area (Å²) < 4.78 is 4.87. The molecule has 0 aromatic heterocycles. The zero-order valence-electron chi connectivity index (χ0n) is 14.8. The van der Waals surface area contributed by atoms with Crippen LogP contribution in [0.2, 0.25) is 0 Å². The van der Waals surface area contributed by atoms with Crippen LogP contribution in [0.4, 0.5) is 0 Å². The second-order valence-corrected chi connectivity index (χ2v) is 7.02. The standard InChI is InChI=1S/C19H28O3/c1-13(2)19(6,15-11-9-8-10-12-15)16(20)14(3)18(4,5)17(21)22-7/h8-14H,1-7H3. The highest BCUT2D eigenvalue weighted by molar-refractivity contribution is 5.95. The van der Waals surface area contributed by atoms with E-state index >= 15 is 0 Å². The molecule has 1 aromatic carbocycles. The van der Waals surface area contributed by atoms with Crippen LogP contribution >= 0.6 is 0 Å². The van der Waals surface area contributed by atoms with Crippen molar-refractivity contribution in [3.63, 3.8) is 0 Å². The number of ketones is 1. The Morgan fingerprint density at radius 1 is 1.00 bits per heavy atom. The molecule has 1 aromatic rings. The fourth-order valence-electron chi connectivity index (χ4n) is 2.76. The van der Waals surface area contributed by atoms with Crippen LogP contribution in [-0.4, -0.2) is 18.9 Å². The monoisotopic (exact) mass is 304 g/mol. The number of ether oxygens (including phenoxy) is 1. The lowest BCUT2D eigenvalue weighted by atomic mass is 9.63. The lowest BCUT2D eigenvalue weighted by Gasteiger charge is -2.39. The summed E-state index contributed by atoms with van der Waals surface area (Å²) in [6.07, 6.45) is 0. The number of benzene rings is 1. The summed E-state index contributed by atoms with van der Waals surface area (Å²) in [7, 11) is 1.36. The van der Waals surface area contributed by atoms with Gasteiger partial charge in [0.05, 0.1) is 17.9 Å². The summed E-state index contributed by atoms with van der Waals surface area (Å²) in [5.74, 6) is -0.595. The lowest BCUT2D eigenvalue weighted by molar-refractivity contribution is -0.157. The molecule has 0 N–H and O–H groups in total. The topological polar surface area (TPSA) is 43.4 Å². The van der Waals surface area contributed by atoms with Crippen molar-refractivity contribution < 1.29 is 14.3 Å². The van der Waals surface area contributed by atoms with Gasteiger partial charge in [0.1, 0.15) is 5.78 Å². The molecule has 122 valence electrons. The summed E-state index contributed by atoms with van der Waals surface area (Å²) in [5.41, 5.74) is -0.495. The summed E-state index contributed by atoms with van der Waals surface area (Å²) >= 11 is 0. The molecule has 2 unspecified atom stereocenters. The first-order valence-corrected chi connectivity index (χ1v) is 7.78. The van der Waals surface area contributed by atoms with Gasteiger partial charge in [-0.1, -0.05) is 51.1 Å². The third-order valence-electron chi connectivity index (χ3n) is 5.23. The molecule has 0 fully saturated rings. The van der Waals surface area contributed by atoms with Crippen LogP contribution in [-0.2, 0) is 19.7 Å². The van der Waals surface area contributed by atoms with Gasteiger partial charge in [0.15, 0.2) is 0 Å². The van der Waals surface area contributed by atoms with Gasteiger partial charge in [-0.3, -0.25) is 9.59 Å². The third-order valence-corrected chi connectivity index (χ3v) is 5.23. The van der Waals surface area contributed by atoms with E-state index in [9.17, 15) is 9.59 Å². The highest BCUT2D eigenvalue weighted by atomic mass is 16.5. The quantitative estimate of drug-likeness (QED) is 0.746. The first-order valence-electron chi connectivity index (χ1n) is 7.78. The van der Waals surface area contributed by atoms with Crippen molar-refractivity contribution in [2.45, 2.75) is 47.0 Å². The number of esters is 1. The Balaban J connectivity index is 3.29. The third kappa shape index (κ3) is 3.08. The predicted octanol–water partition coefficient (Wildman–Crippen LogP) is 4.00. The fraction of sp³-hybridized carbons (Fsp3) is 0.579. The normalized spacial score (nSPS) is 16.0. The summed E-state index contributed by atoms with van der Waals surface area (Å²) in [6, 6.07) is 9.79. The van der Waals surface area contributed by atoms with Gasteiger partial charge >= 0.3 is 5.97 Å². The first kappa shape index (κ1) is 18.4. The minimum absolute atomic E-state index is 0.0732. The Labute approximate surface area is 134 Å². The Hall–Kier alpha value is -1.64. The van der Waals surface area contributed by atoms with Crippen LogP contribution in [0.15, 0.2) is 30.3 Å². The molecule has 3 nitrogen and oxygen atoms in total. The molecular weight excluding hydrogens is 276 g/mol. The van der Waals surface area contributed by atoms with Gasteiger partial charge in [-0.15, -0.1) is 0 Å². The van der Waals surface area contributed by atoms with Crippen LogP contribution in [0.1, 0.15) is 47.1 Å². The number of hydrogen-bond acceptors (Lipinski definition) is 3. The zero-order chi connectivity index (χ0) is 17.1. The van der Waals surface area contributed by atoms with Crippen molar-refractivity contribution in [1.29, 1.82) is 0 Å². The molecule has 0 aliphatic rings. The minimum Gasteiger partial charge on any atom is -0.469 e. The molecule has 0 bridgehead atoms. The smallest absolute Gasteiger partial charge is 0.311 e. The number of hydrogen-bond donors (Lipinski definition) is 0. The second kappa shape index (κ2) is 6.64. The summed E-state index contributed by atoms with van der Waals surface area (Å²) in [5, 5.41) is 0. The molecule has 0 aliphatic heterocycles. The summed E-state index contributed by atoms with van der Waals surface area (Å²) in [6.45, 7) is 11.4. The van der Waals surface area contributed by atoms with Crippen molar-refractivity contribution >= 4 is 11.8 Å². The molecular formula is C19H28O3. The van der Waals surface area contributed by atoms with E-state index in [0.29, 0.717) is 0 Å². The second-order valence-electron chi connectivity index (χ2n) is 7.02. The first-order chi connectivity index (χ1) is 10.1. The van der Waals surface area contributed by atoms with Gasteiger partial charge in [-0.25, -0.2) is 0 Å². The molecule has 0 saturated heterocycles. The molecule has 0 radical (unpaired) electrons. The molecule has 0 aliphatic carbocycles. The lowest BCUT2D eigenvalue weighted by Crippen LogP contribution is -2.47. The van der Waals surface area contributed by atoms with E-state index in [0.717, 1.165) is 5.56 Å². The van der Waals surface area contributed by atoms with Gasteiger partial charge in [0.25, 0.3) is 0 Å². The highest BCUT2D eigenvalue weighted by Crippen LogP contribution is 2.40. The number of carbonyl (C=O) groups is 2. The van der Waals surface area contributed by atoms with Crippen LogP contribution in [0.3, 0.4) is 0 Å². The SMILES string of the molecule is COC(=O)C(C)(C)C(C)C(=O)C(C)(c1ccccc1)C(C)C. The van der Waals surface area contributed by atoms with Crippen molar-refractivity contribution in [2.75, 3.05) is 7.11 Å². The number of Topliss-reactive ketones (excluding diaryl/α,β-unsaturated/α-hetero) is 1. The van der Waals surface area contributed by atoms with Gasteiger partial charge in [-0.2, -0.15) is 0 Å². The molecule has 0 amide bonds. The van der Waals surface area contributed by atoms with Gasteiger partial charge in [0.2, 0.25) is 0 Å². The molecule has 0 heterocycles. The average Bonchev–Trinajstić information content (AvgIpc) is 2.52. The molecule has 0 spiro atoms. The number of methoxy groups -OCH3 is 1. The van der Waals surface area contributed by atoms with Crippen molar-refractivity contribution in [3.05, 3.63) is 35.9 Å². The van der Waals surface area contributed by atoms with Crippen molar-refractivity contribution in [1.82, 2.24) is 0 Å². The van der Waals surface area contributed by atoms with E-state index in [1.54, 1.807) is 13.8 Å². The van der Waals surface area contributed by atoms with Crippen LogP contribution in [0.5, 0.6) is 0 Å². The number of carbonyl (C=O) groups excluding carboxylic acids is 2. The average molecular weight is 304 g/mol. The minimum atomic E-state index is -0.850. The molecule has 22 heavy (non-hydrogen) atoms. The van der Waals surface area contributed by atoms with Gasteiger partial charge in [0, 0.05) is 5.92 Å². The molecule has 1 rings (SSSR count). The van der Waals surface area contributed by atoms with Crippen molar-refractivity contribution in [2.24, 2.45) is 17.3 Å². The maximum Gasteiger partial charge on any atom is 0.311 e. The van der Waals surface area contributed by atoms with E-state index in [4.69, 9.17) is 4.74 Å². The van der Waals surface area contributed by atoms with Gasteiger partial charge < -0.3 is 4.74 Å². The van der Waals surface area contributed by atoms with E-state index in [1.165, 1.54) is 7.11 Å². The maximum atomic E-state index is 13.3. The summed E-state index contributed by atoms with van der Waals surface area (Å²) in [4.78, 5) is 25.3. The molecule has 0 saturated carbocycles. The van der Waals surface area contributed by atoms with Gasteiger partial charge in [-0.05, 0) is 32.3 Å². The Morgan fingerprint density at radius 3 is 1.91 bits per heavy atom. The predicted molar refractivity (Wildman–Crippen MR) is 88.6 cm³/mol.